The van der Waals surface area contributed by atoms with Gasteiger partial charge in [-0.15, -0.1) is 11.3 Å². The lowest BCUT2D eigenvalue weighted by atomic mass is 9.88. The minimum absolute atomic E-state index is 0.166. The third-order valence-electron chi connectivity index (χ3n) is 5.41. The molecule has 1 heterocycles. The molecule has 1 aromatic heterocycles. The standard InChI is InChI=1S/C24H23BrN2O3S/c1-14-7-9-17-20(11-14)31-24(22(17)23(26)29)27-21(28)13-30-19-10-8-16(12-18(19)25)15-5-3-2-4-6-15/h2-6,8,10,12,14H,7,9,11,13H2,1H3,(H2,26,29)(H,27,28). The van der Waals surface area contributed by atoms with E-state index in [1.807, 2.05) is 48.5 Å². The van der Waals surface area contributed by atoms with Crippen LogP contribution in [0.25, 0.3) is 11.1 Å². The van der Waals surface area contributed by atoms with E-state index in [1.54, 1.807) is 0 Å². The first-order valence-corrected chi connectivity index (χ1v) is 11.7. The summed E-state index contributed by atoms with van der Waals surface area (Å²) in [5.74, 6) is 0.315. The summed E-state index contributed by atoms with van der Waals surface area (Å²) >= 11 is 4.97. The van der Waals surface area contributed by atoms with Crippen LogP contribution in [0.5, 0.6) is 5.75 Å². The van der Waals surface area contributed by atoms with E-state index in [4.69, 9.17) is 10.5 Å². The largest absolute Gasteiger partial charge is 0.483 e. The van der Waals surface area contributed by atoms with Crippen LogP contribution >= 0.6 is 27.3 Å². The van der Waals surface area contributed by atoms with Gasteiger partial charge >= 0.3 is 0 Å². The molecule has 3 aromatic rings. The van der Waals surface area contributed by atoms with Gasteiger partial charge in [-0.2, -0.15) is 0 Å². The number of amides is 2. The summed E-state index contributed by atoms with van der Waals surface area (Å²) in [6.45, 7) is 2.03. The van der Waals surface area contributed by atoms with Crippen molar-refractivity contribution < 1.29 is 14.3 Å². The van der Waals surface area contributed by atoms with E-state index >= 15 is 0 Å². The van der Waals surface area contributed by atoms with Gasteiger partial charge in [0.05, 0.1) is 10.0 Å². The van der Waals surface area contributed by atoms with E-state index < -0.39 is 5.91 Å². The molecule has 1 aliphatic carbocycles. The molecule has 4 rings (SSSR count). The molecule has 7 heteroatoms. The highest BCUT2D eigenvalue weighted by Crippen LogP contribution is 2.39. The molecule has 2 amide bonds. The molecule has 0 bridgehead atoms. The van der Waals surface area contributed by atoms with Crippen molar-refractivity contribution >= 4 is 44.1 Å². The van der Waals surface area contributed by atoms with Gasteiger partial charge in [0.2, 0.25) is 0 Å². The number of ether oxygens (including phenoxy) is 1. The molecule has 0 fully saturated rings. The van der Waals surface area contributed by atoms with Crippen molar-refractivity contribution in [2.45, 2.75) is 26.2 Å². The van der Waals surface area contributed by atoms with Gasteiger partial charge in [0.1, 0.15) is 10.8 Å². The van der Waals surface area contributed by atoms with Crippen LogP contribution in [-0.2, 0) is 17.6 Å². The molecule has 31 heavy (non-hydrogen) atoms. The molecule has 160 valence electrons. The number of primary amides is 1. The lowest BCUT2D eigenvalue weighted by Gasteiger charge is -2.18. The van der Waals surface area contributed by atoms with E-state index in [2.05, 4.69) is 28.2 Å². The predicted molar refractivity (Wildman–Crippen MR) is 128 cm³/mol. The van der Waals surface area contributed by atoms with Crippen molar-refractivity contribution in [1.82, 2.24) is 0 Å². The number of hydrogen-bond donors (Lipinski definition) is 2. The summed E-state index contributed by atoms with van der Waals surface area (Å²) in [6.07, 6.45) is 2.75. The second-order valence-corrected chi connectivity index (χ2v) is 9.73. The maximum Gasteiger partial charge on any atom is 0.262 e. The smallest absolute Gasteiger partial charge is 0.262 e. The Morgan fingerprint density at radius 1 is 1.19 bits per heavy atom. The lowest BCUT2D eigenvalue weighted by Crippen LogP contribution is -2.22. The number of anilines is 1. The topological polar surface area (TPSA) is 81.4 Å². The number of hydrogen-bond acceptors (Lipinski definition) is 4. The van der Waals surface area contributed by atoms with Crippen molar-refractivity contribution in [3.05, 3.63) is 69.0 Å². The molecule has 2 aromatic carbocycles. The highest BCUT2D eigenvalue weighted by atomic mass is 79.9. The summed E-state index contributed by atoms with van der Waals surface area (Å²) in [5.41, 5.74) is 9.21. The Bertz CT molecular complexity index is 1130. The number of carbonyl (C=O) groups is 2. The molecule has 1 unspecified atom stereocenters. The van der Waals surface area contributed by atoms with Gasteiger partial charge in [0, 0.05) is 4.88 Å². The Balaban J connectivity index is 1.44. The molecule has 0 saturated carbocycles. The first-order chi connectivity index (χ1) is 14.9. The molecule has 1 atom stereocenters. The van der Waals surface area contributed by atoms with Gasteiger partial charge in [-0.25, -0.2) is 0 Å². The maximum atomic E-state index is 12.5. The van der Waals surface area contributed by atoms with Crippen molar-refractivity contribution in [2.24, 2.45) is 11.7 Å². The summed E-state index contributed by atoms with van der Waals surface area (Å²) in [5, 5.41) is 3.36. The van der Waals surface area contributed by atoms with Gasteiger partial charge in [-0.3, -0.25) is 9.59 Å². The average molecular weight is 499 g/mol. The summed E-state index contributed by atoms with van der Waals surface area (Å²) < 4.78 is 6.47. The summed E-state index contributed by atoms with van der Waals surface area (Å²) in [6, 6.07) is 15.8. The van der Waals surface area contributed by atoms with E-state index in [0.717, 1.165) is 45.3 Å². The minimum atomic E-state index is -0.498. The number of fused-ring (bicyclic) bond motifs is 1. The zero-order chi connectivity index (χ0) is 22.0. The lowest BCUT2D eigenvalue weighted by molar-refractivity contribution is -0.118. The van der Waals surface area contributed by atoms with Crippen molar-refractivity contribution in [3.8, 4) is 16.9 Å². The van der Waals surface area contributed by atoms with Crippen LogP contribution in [0.3, 0.4) is 0 Å². The minimum Gasteiger partial charge on any atom is -0.483 e. The monoisotopic (exact) mass is 498 g/mol. The van der Waals surface area contributed by atoms with Crippen molar-refractivity contribution in [2.75, 3.05) is 11.9 Å². The molecule has 0 radical (unpaired) electrons. The number of nitrogens with two attached hydrogens (primary N) is 1. The van der Waals surface area contributed by atoms with Crippen LogP contribution in [0.15, 0.2) is 53.0 Å². The predicted octanol–water partition coefficient (Wildman–Crippen LogP) is 5.42. The Labute approximate surface area is 193 Å². The highest BCUT2D eigenvalue weighted by molar-refractivity contribution is 9.10. The Morgan fingerprint density at radius 3 is 2.68 bits per heavy atom. The Hall–Kier alpha value is -2.64. The van der Waals surface area contributed by atoms with E-state index in [1.165, 1.54) is 11.3 Å². The summed E-state index contributed by atoms with van der Waals surface area (Å²) in [7, 11) is 0. The third-order valence-corrected chi connectivity index (χ3v) is 7.20. The quantitative estimate of drug-likeness (QED) is 0.475. The third kappa shape index (κ3) is 4.83. The number of carbonyl (C=O) groups excluding carboxylic acids is 2. The summed E-state index contributed by atoms with van der Waals surface area (Å²) in [4.78, 5) is 25.7. The van der Waals surface area contributed by atoms with Gasteiger partial charge in [0.25, 0.3) is 11.8 Å². The number of thiophene rings is 1. The van der Waals surface area contributed by atoms with Crippen LogP contribution in [-0.4, -0.2) is 18.4 Å². The Kier molecular flexibility index (Phi) is 6.43. The van der Waals surface area contributed by atoms with E-state index in [9.17, 15) is 9.59 Å². The zero-order valence-electron chi connectivity index (χ0n) is 17.1. The molecule has 0 aliphatic heterocycles. The van der Waals surface area contributed by atoms with Crippen LogP contribution in [0.2, 0.25) is 0 Å². The SMILES string of the molecule is CC1CCc2c(sc(NC(=O)COc3ccc(-c4ccccc4)cc3Br)c2C(N)=O)C1. The van der Waals surface area contributed by atoms with E-state index in [0.29, 0.717) is 22.2 Å². The normalized spacial score (nSPS) is 15.2. The van der Waals surface area contributed by atoms with Crippen molar-refractivity contribution in [3.63, 3.8) is 0 Å². The molecular weight excluding hydrogens is 476 g/mol. The zero-order valence-corrected chi connectivity index (χ0v) is 19.5. The molecular formula is C24H23BrN2O3S. The van der Waals surface area contributed by atoms with E-state index in [-0.39, 0.29) is 12.5 Å². The first kappa shape index (κ1) is 21.6. The van der Waals surface area contributed by atoms with Gasteiger partial charge < -0.3 is 15.8 Å². The molecule has 0 saturated heterocycles. The van der Waals surface area contributed by atoms with Crippen molar-refractivity contribution in [1.29, 1.82) is 0 Å². The van der Waals surface area contributed by atoms with Crippen LogP contribution in [0.4, 0.5) is 5.00 Å². The van der Waals surface area contributed by atoms with Crippen LogP contribution in [0, 0.1) is 5.92 Å². The molecule has 1 aliphatic rings. The first-order valence-electron chi connectivity index (χ1n) is 10.1. The van der Waals surface area contributed by atoms with Gasteiger partial charge in [-0.05, 0) is 69.9 Å². The molecule has 0 spiro atoms. The second-order valence-electron chi connectivity index (χ2n) is 7.77. The second kappa shape index (κ2) is 9.24. The maximum absolute atomic E-state index is 12.5. The molecule has 3 N–H and O–H groups in total. The number of halogens is 1. The van der Waals surface area contributed by atoms with Gasteiger partial charge in [-0.1, -0.05) is 43.3 Å². The average Bonchev–Trinajstić information content (AvgIpc) is 3.10. The number of rotatable bonds is 6. The fourth-order valence-electron chi connectivity index (χ4n) is 3.83. The fraction of sp³-hybridized carbons (Fsp3) is 0.250. The Morgan fingerprint density at radius 2 is 1.97 bits per heavy atom. The molecule has 5 nitrogen and oxygen atoms in total. The van der Waals surface area contributed by atoms with Crippen LogP contribution < -0.4 is 15.8 Å². The van der Waals surface area contributed by atoms with Crippen LogP contribution in [0.1, 0.15) is 34.1 Å². The highest BCUT2D eigenvalue weighted by Gasteiger charge is 2.27. The van der Waals surface area contributed by atoms with Gasteiger partial charge in [0.15, 0.2) is 6.61 Å². The number of nitrogens with one attached hydrogen (secondary N) is 1. The number of benzene rings is 2. The fourth-order valence-corrected chi connectivity index (χ4v) is 5.76.